The number of carboxylic acid groups (broad SMARTS) is 1. The van der Waals surface area contributed by atoms with Crippen molar-refractivity contribution in [3.63, 3.8) is 0 Å². The lowest BCUT2D eigenvalue weighted by Crippen LogP contribution is -2.47. The summed E-state index contributed by atoms with van der Waals surface area (Å²) in [7, 11) is 0. The monoisotopic (exact) mass is 228 g/mol. The van der Waals surface area contributed by atoms with Gasteiger partial charge in [-0.2, -0.15) is 0 Å². The fourth-order valence-electron chi connectivity index (χ4n) is 1.49. The molecule has 0 bridgehead atoms. The molecule has 0 aromatic carbocycles. The van der Waals surface area contributed by atoms with E-state index in [4.69, 9.17) is 5.11 Å². The van der Waals surface area contributed by atoms with Crippen LogP contribution >= 0.6 is 0 Å². The van der Waals surface area contributed by atoms with Gasteiger partial charge in [0.05, 0.1) is 0 Å². The highest BCUT2D eigenvalue weighted by Gasteiger charge is 2.32. The van der Waals surface area contributed by atoms with Crippen LogP contribution in [0, 0.1) is 0 Å². The van der Waals surface area contributed by atoms with Crippen molar-refractivity contribution in [1.82, 2.24) is 10.2 Å². The van der Waals surface area contributed by atoms with Gasteiger partial charge in [-0.05, 0) is 26.2 Å². The molecule has 0 aromatic rings. The second kappa shape index (κ2) is 5.72. The number of aliphatic carboxylic acids is 1. The van der Waals surface area contributed by atoms with Crippen molar-refractivity contribution in [3.05, 3.63) is 0 Å². The molecule has 1 saturated carbocycles. The summed E-state index contributed by atoms with van der Waals surface area (Å²) in [5.74, 6) is -1.00. The highest BCUT2D eigenvalue weighted by Crippen LogP contribution is 2.27. The van der Waals surface area contributed by atoms with Crippen molar-refractivity contribution in [1.29, 1.82) is 0 Å². The summed E-state index contributed by atoms with van der Waals surface area (Å²) in [6, 6.07) is -0.742. The summed E-state index contributed by atoms with van der Waals surface area (Å²) >= 11 is 0. The summed E-state index contributed by atoms with van der Waals surface area (Å²) < 4.78 is 0. The summed E-state index contributed by atoms with van der Waals surface area (Å²) in [5, 5.41) is 11.2. The van der Waals surface area contributed by atoms with Crippen LogP contribution in [0.1, 0.15) is 39.5 Å². The van der Waals surface area contributed by atoms with E-state index in [0.29, 0.717) is 6.04 Å². The van der Waals surface area contributed by atoms with Crippen LogP contribution in [0.2, 0.25) is 0 Å². The number of carboxylic acids is 1. The standard InChI is InChI=1S/C11H20N2O3/c1-3-4-7-13(9-5-6-9)11(16)12-8(2)10(14)15/h8-9H,3-7H2,1-2H3,(H,12,16)(H,14,15). The molecule has 16 heavy (non-hydrogen) atoms. The molecule has 0 aliphatic heterocycles. The Kier molecular flexibility index (Phi) is 4.58. The Morgan fingerprint density at radius 1 is 1.50 bits per heavy atom. The van der Waals surface area contributed by atoms with Crippen molar-refractivity contribution in [2.45, 2.75) is 51.6 Å². The van der Waals surface area contributed by atoms with Crippen LogP contribution in [0.25, 0.3) is 0 Å². The van der Waals surface area contributed by atoms with Crippen molar-refractivity contribution in [2.24, 2.45) is 0 Å². The van der Waals surface area contributed by atoms with Gasteiger partial charge < -0.3 is 15.3 Å². The molecule has 1 aliphatic carbocycles. The number of nitrogens with zero attached hydrogens (tertiary/aromatic N) is 1. The second-order valence-electron chi connectivity index (χ2n) is 4.29. The maximum atomic E-state index is 11.8. The van der Waals surface area contributed by atoms with Crippen LogP contribution in [0.4, 0.5) is 4.79 Å². The number of amides is 2. The number of carbonyl (C=O) groups excluding carboxylic acids is 1. The first-order valence-electron chi connectivity index (χ1n) is 5.86. The highest BCUT2D eigenvalue weighted by atomic mass is 16.4. The minimum atomic E-state index is -1.00. The van der Waals surface area contributed by atoms with Gasteiger partial charge in [-0.3, -0.25) is 4.79 Å². The van der Waals surface area contributed by atoms with Crippen LogP contribution in [-0.4, -0.2) is 40.6 Å². The summed E-state index contributed by atoms with van der Waals surface area (Å²) in [6.07, 6.45) is 4.08. The molecular weight excluding hydrogens is 208 g/mol. The van der Waals surface area contributed by atoms with Crippen LogP contribution < -0.4 is 5.32 Å². The molecule has 2 N–H and O–H groups in total. The predicted molar refractivity (Wildman–Crippen MR) is 60.3 cm³/mol. The van der Waals surface area contributed by atoms with Crippen molar-refractivity contribution in [3.8, 4) is 0 Å². The van der Waals surface area contributed by atoms with Crippen molar-refractivity contribution >= 4 is 12.0 Å². The van der Waals surface area contributed by atoms with Gasteiger partial charge in [-0.25, -0.2) is 4.79 Å². The van der Waals surface area contributed by atoms with Gasteiger partial charge in [0.15, 0.2) is 0 Å². The predicted octanol–water partition coefficient (Wildman–Crippen LogP) is 1.43. The molecule has 0 radical (unpaired) electrons. The molecule has 0 saturated heterocycles. The van der Waals surface area contributed by atoms with E-state index in [-0.39, 0.29) is 6.03 Å². The van der Waals surface area contributed by atoms with E-state index in [9.17, 15) is 9.59 Å². The third-order valence-corrected chi connectivity index (χ3v) is 2.71. The van der Waals surface area contributed by atoms with E-state index >= 15 is 0 Å². The van der Waals surface area contributed by atoms with E-state index in [1.807, 2.05) is 0 Å². The van der Waals surface area contributed by atoms with Gasteiger partial charge in [-0.15, -0.1) is 0 Å². The van der Waals surface area contributed by atoms with Crippen molar-refractivity contribution in [2.75, 3.05) is 6.54 Å². The Morgan fingerprint density at radius 3 is 2.56 bits per heavy atom. The van der Waals surface area contributed by atoms with E-state index in [2.05, 4.69) is 12.2 Å². The minimum absolute atomic E-state index is 0.245. The Balaban J connectivity index is 2.43. The molecule has 1 unspecified atom stereocenters. The first-order valence-corrected chi connectivity index (χ1v) is 5.86. The lowest BCUT2D eigenvalue weighted by molar-refractivity contribution is -0.138. The average molecular weight is 228 g/mol. The molecule has 1 aliphatic rings. The van der Waals surface area contributed by atoms with E-state index in [1.165, 1.54) is 6.92 Å². The largest absolute Gasteiger partial charge is 0.480 e. The quantitative estimate of drug-likeness (QED) is 0.722. The highest BCUT2D eigenvalue weighted by molar-refractivity contribution is 5.82. The number of urea groups is 1. The number of hydrogen-bond donors (Lipinski definition) is 2. The average Bonchev–Trinajstić information content (AvgIpc) is 3.02. The molecule has 5 nitrogen and oxygen atoms in total. The maximum absolute atomic E-state index is 11.8. The van der Waals surface area contributed by atoms with Crippen LogP contribution in [0.15, 0.2) is 0 Å². The van der Waals surface area contributed by atoms with Crippen LogP contribution in [-0.2, 0) is 4.79 Å². The molecule has 1 fully saturated rings. The fraction of sp³-hybridized carbons (Fsp3) is 0.818. The number of hydrogen-bond acceptors (Lipinski definition) is 2. The van der Waals surface area contributed by atoms with Gasteiger partial charge >= 0.3 is 12.0 Å². The normalized spacial score (nSPS) is 16.6. The zero-order valence-corrected chi connectivity index (χ0v) is 9.90. The molecule has 0 spiro atoms. The van der Waals surface area contributed by atoms with E-state index in [1.54, 1.807) is 4.90 Å². The minimum Gasteiger partial charge on any atom is -0.480 e. The molecule has 0 aromatic heterocycles. The number of unbranched alkanes of at least 4 members (excludes halogenated alkanes) is 1. The Labute approximate surface area is 95.8 Å². The number of carbonyl (C=O) groups is 2. The van der Waals surface area contributed by atoms with Gasteiger partial charge in [0, 0.05) is 12.6 Å². The molecule has 1 rings (SSSR count). The smallest absolute Gasteiger partial charge is 0.325 e. The third-order valence-electron chi connectivity index (χ3n) is 2.71. The number of nitrogens with one attached hydrogen (secondary N) is 1. The fourth-order valence-corrected chi connectivity index (χ4v) is 1.49. The molecule has 2 amide bonds. The van der Waals surface area contributed by atoms with E-state index in [0.717, 1.165) is 32.2 Å². The molecule has 5 heteroatoms. The summed E-state index contributed by atoms with van der Waals surface area (Å²) in [4.78, 5) is 24.2. The zero-order chi connectivity index (χ0) is 12.1. The topological polar surface area (TPSA) is 69.6 Å². The second-order valence-corrected chi connectivity index (χ2v) is 4.29. The first-order chi connectivity index (χ1) is 7.56. The summed E-state index contributed by atoms with van der Waals surface area (Å²) in [6.45, 7) is 4.27. The lowest BCUT2D eigenvalue weighted by Gasteiger charge is -2.23. The molecule has 92 valence electrons. The molecule has 1 atom stereocenters. The lowest BCUT2D eigenvalue weighted by atomic mass is 10.3. The van der Waals surface area contributed by atoms with Crippen molar-refractivity contribution < 1.29 is 14.7 Å². The Hall–Kier alpha value is -1.26. The number of rotatable bonds is 6. The third kappa shape index (κ3) is 3.72. The van der Waals surface area contributed by atoms with Gasteiger partial charge in [-0.1, -0.05) is 13.3 Å². The van der Waals surface area contributed by atoms with Crippen LogP contribution in [0.3, 0.4) is 0 Å². The first kappa shape index (κ1) is 12.8. The SMILES string of the molecule is CCCCN(C(=O)NC(C)C(=O)O)C1CC1. The van der Waals surface area contributed by atoms with Crippen LogP contribution in [0.5, 0.6) is 0 Å². The van der Waals surface area contributed by atoms with Gasteiger partial charge in [0.2, 0.25) is 0 Å². The van der Waals surface area contributed by atoms with Gasteiger partial charge in [0.1, 0.15) is 6.04 Å². The molecular formula is C11H20N2O3. The zero-order valence-electron chi connectivity index (χ0n) is 9.90. The Bertz CT molecular complexity index is 264. The summed E-state index contributed by atoms with van der Waals surface area (Å²) in [5.41, 5.74) is 0. The van der Waals surface area contributed by atoms with Gasteiger partial charge in [0.25, 0.3) is 0 Å². The molecule has 0 heterocycles. The maximum Gasteiger partial charge on any atom is 0.325 e. The Morgan fingerprint density at radius 2 is 2.12 bits per heavy atom. The van der Waals surface area contributed by atoms with E-state index < -0.39 is 12.0 Å².